The van der Waals surface area contributed by atoms with Gasteiger partial charge in [0.25, 0.3) is 0 Å². The van der Waals surface area contributed by atoms with E-state index >= 15 is 0 Å². The first-order valence-corrected chi connectivity index (χ1v) is 8.09. The molecule has 1 aromatic carbocycles. The molecule has 1 aromatic rings. The first-order valence-electron chi connectivity index (χ1n) is 8.09. The van der Waals surface area contributed by atoms with E-state index in [-0.39, 0.29) is 35.9 Å². The third-order valence-electron chi connectivity index (χ3n) is 3.39. The van der Waals surface area contributed by atoms with Crippen LogP contribution in [0.1, 0.15) is 6.92 Å². The molecule has 25 heavy (non-hydrogen) atoms. The molecule has 0 saturated carbocycles. The SMILES string of the molecule is CN=C(NCCN(C)CCOC)NCC(C)Oc1ccc(F)cc1.I. The molecule has 0 aromatic heterocycles. The highest BCUT2D eigenvalue weighted by Gasteiger charge is 2.06. The minimum atomic E-state index is -0.270. The lowest BCUT2D eigenvalue weighted by Crippen LogP contribution is -2.44. The molecule has 0 aliphatic rings. The van der Waals surface area contributed by atoms with Crippen molar-refractivity contribution in [3.05, 3.63) is 30.1 Å². The number of guanidine groups is 1. The molecule has 0 amide bonds. The summed E-state index contributed by atoms with van der Waals surface area (Å²) in [4.78, 5) is 6.37. The summed E-state index contributed by atoms with van der Waals surface area (Å²) >= 11 is 0. The van der Waals surface area contributed by atoms with Gasteiger partial charge >= 0.3 is 0 Å². The van der Waals surface area contributed by atoms with Gasteiger partial charge in [-0.05, 0) is 38.2 Å². The van der Waals surface area contributed by atoms with Crippen LogP contribution in [0.5, 0.6) is 5.75 Å². The van der Waals surface area contributed by atoms with Crippen LogP contribution in [0.4, 0.5) is 4.39 Å². The number of halogens is 2. The van der Waals surface area contributed by atoms with Gasteiger partial charge in [0.2, 0.25) is 0 Å². The van der Waals surface area contributed by atoms with E-state index in [1.165, 1.54) is 12.1 Å². The Kier molecular flexibility index (Phi) is 13.4. The standard InChI is InChI=1S/C17H29FN4O2.HI/c1-14(24-16-7-5-15(18)6-8-16)13-21-17(19-2)20-9-10-22(3)11-12-23-4;/h5-8,14H,9-13H2,1-4H3,(H2,19,20,21);1H. The van der Waals surface area contributed by atoms with E-state index in [1.54, 1.807) is 26.3 Å². The zero-order valence-electron chi connectivity index (χ0n) is 15.4. The van der Waals surface area contributed by atoms with E-state index in [1.807, 2.05) is 6.92 Å². The van der Waals surface area contributed by atoms with Crippen molar-refractivity contribution in [3.8, 4) is 5.75 Å². The molecule has 0 aliphatic carbocycles. The molecule has 6 nitrogen and oxygen atoms in total. The summed E-state index contributed by atoms with van der Waals surface area (Å²) in [5, 5.41) is 6.47. The minimum absolute atomic E-state index is 0. The summed E-state index contributed by atoms with van der Waals surface area (Å²) in [6.45, 7) is 5.84. The maximum atomic E-state index is 12.9. The summed E-state index contributed by atoms with van der Waals surface area (Å²) in [7, 11) is 5.48. The highest BCUT2D eigenvalue weighted by Crippen LogP contribution is 2.12. The van der Waals surface area contributed by atoms with Crippen LogP contribution in [-0.4, -0.2) is 71.0 Å². The van der Waals surface area contributed by atoms with Crippen molar-refractivity contribution in [1.82, 2.24) is 15.5 Å². The normalized spacial score (nSPS) is 12.5. The summed E-state index contributed by atoms with van der Waals surface area (Å²) in [6, 6.07) is 6.01. The van der Waals surface area contributed by atoms with Gasteiger partial charge in [-0.3, -0.25) is 4.99 Å². The zero-order chi connectivity index (χ0) is 17.8. The van der Waals surface area contributed by atoms with Crippen LogP contribution in [0.15, 0.2) is 29.3 Å². The van der Waals surface area contributed by atoms with Gasteiger partial charge < -0.3 is 25.0 Å². The van der Waals surface area contributed by atoms with Crippen molar-refractivity contribution in [1.29, 1.82) is 0 Å². The van der Waals surface area contributed by atoms with Gasteiger partial charge in [-0.1, -0.05) is 0 Å². The summed E-state index contributed by atoms with van der Waals surface area (Å²) in [5.41, 5.74) is 0. The van der Waals surface area contributed by atoms with E-state index in [0.717, 1.165) is 32.2 Å². The molecule has 0 aliphatic heterocycles. The number of benzene rings is 1. The fourth-order valence-electron chi connectivity index (χ4n) is 1.97. The van der Waals surface area contributed by atoms with Gasteiger partial charge in [-0.25, -0.2) is 4.39 Å². The molecule has 0 saturated heterocycles. The van der Waals surface area contributed by atoms with Crippen molar-refractivity contribution in [2.24, 2.45) is 4.99 Å². The second kappa shape index (κ2) is 14.1. The van der Waals surface area contributed by atoms with Crippen LogP contribution in [0.3, 0.4) is 0 Å². The van der Waals surface area contributed by atoms with Crippen LogP contribution in [-0.2, 0) is 4.74 Å². The first kappa shape index (κ1) is 23.9. The number of methoxy groups -OCH3 is 1. The van der Waals surface area contributed by atoms with Crippen LogP contribution in [0.2, 0.25) is 0 Å². The third kappa shape index (κ3) is 11.2. The average molecular weight is 468 g/mol. The number of hydrogen-bond acceptors (Lipinski definition) is 4. The van der Waals surface area contributed by atoms with E-state index in [4.69, 9.17) is 9.47 Å². The third-order valence-corrected chi connectivity index (χ3v) is 3.39. The molecule has 0 spiro atoms. The molecule has 0 radical (unpaired) electrons. The number of hydrogen-bond donors (Lipinski definition) is 2. The lowest BCUT2D eigenvalue weighted by Gasteiger charge is -2.19. The quantitative estimate of drug-likeness (QED) is 0.313. The van der Waals surface area contributed by atoms with Crippen LogP contribution >= 0.6 is 24.0 Å². The Hall–Kier alpha value is -1.13. The first-order chi connectivity index (χ1) is 11.5. The molecule has 8 heteroatoms. The Bertz CT molecular complexity index is 488. The fraction of sp³-hybridized carbons (Fsp3) is 0.588. The van der Waals surface area contributed by atoms with Crippen molar-refractivity contribution in [2.45, 2.75) is 13.0 Å². The number of nitrogens with zero attached hydrogens (tertiary/aromatic N) is 2. The molecule has 1 unspecified atom stereocenters. The van der Waals surface area contributed by atoms with Crippen LogP contribution in [0, 0.1) is 5.82 Å². The average Bonchev–Trinajstić information content (AvgIpc) is 2.58. The van der Waals surface area contributed by atoms with Crippen molar-refractivity contribution >= 4 is 29.9 Å². The number of nitrogens with one attached hydrogen (secondary N) is 2. The predicted molar refractivity (Wildman–Crippen MR) is 111 cm³/mol. The summed E-state index contributed by atoms with van der Waals surface area (Å²) in [6.07, 6.45) is -0.0709. The van der Waals surface area contributed by atoms with Gasteiger partial charge in [0, 0.05) is 33.8 Å². The lowest BCUT2D eigenvalue weighted by atomic mass is 10.3. The molecule has 2 N–H and O–H groups in total. The topological polar surface area (TPSA) is 58.1 Å². The molecular weight excluding hydrogens is 438 g/mol. The largest absolute Gasteiger partial charge is 0.489 e. The smallest absolute Gasteiger partial charge is 0.191 e. The van der Waals surface area contributed by atoms with E-state index < -0.39 is 0 Å². The highest BCUT2D eigenvalue weighted by atomic mass is 127. The highest BCUT2D eigenvalue weighted by molar-refractivity contribution is 14.0. The van der Waals surface area contributed by atoms with Gasteiger partial charge in [0.05, 0.1) is 13.2 Å². The maximum Gasteiger partial charge on any atom is 0.191 e. The van der Waals surface area contributed by atoms with Gasteiger partial charge in [0.15, 0.2) is 5.96 Å². The van der Waals surface area contributed by atoms with E-state index in [9.17, 15) is 4.39 Å². The Morgan fingerprint density at radius 3 is 2.52 bits per heavy atom. The zero-order valence-corrected chi connectivity index (χ0v) is 17.7. The lowest BCUT2D eigenvalue weighted by molar-refractivity contribution is 0.162. The van der Waals surface area contributed by atoms with E-state index in [2.05, 4.69) is 27.6 Å². The molecule has 1 rings (SSSR count). The van der Waals surface area contributed by atoms with Gasteiger partial charge in [-0.2, -0.15) is 0 Å². The van der Waals surface area contributed by atoms with E-state index in [0.29, 0.717) is 12.3 Å². The Labute approximate surface area is 167 Å². The number of rotatable bonds is 10. The molecular formula is C17H30FIN4O2. The Morgan fingerprint density at radius 2 is 1.92 bits per heavy atom. The maximum absolute atomic E-state index is 12.9. The number of likely N-dealkylation sites (N-methyl/N-ethyl adjacent to an activating group) is 1. The number of ether oxygens (including phenoxy) is 2. The molecule has 144 valence electrons. The second-order valence-electron chi connectivity index (χ2n) is 5.56. The van der Waals surface area contributed by atoms with Crippen molar-refractivity contribution in [3.63, 3.8) is 0 Å². The van der Waals surface area contributed by atoms with Gasteiger partial charge in [0.1, 0.15) is 17.7 Å². The second-order valence-corrected chi connectivity index (χ2v) is 5.56. The Morgan fingerprint density at radius 1 is 1.24 bits per heavy atom. The van der Waals surface area contributed by atoms with Gasteiger partial charge in [-0.15, -0.1) is 24.0 Å². The summed E-state index contributed by atoms with van der Waals surface area (Å²) in [5.74, 6) is 1.10. The van der Waals surface area contributed by atoms with Crippen molar-refractivity contribution < 1.29 is 13.9 Å². The minimum Gasteiger partial charge on any atom is -0.489 e. The molecule has 0 heterocycles. The fourth-order valence-corrected chi connectivity index (χ4v) is 1.97. The van der Waals surface area contributed by atoms with Crippen molar-refractivity contribution in [2.75, 3.05) is 54.0 Å². The van der Waals surface area contributed by atoms with Crippen LogP contribution < -0.4 is 15.4 Å². The predicted octanol–water partition coefficient (Wildman–Crippen LogP) is 1.95. The molecule has 1 atom stereocenters. The Balaban J connectivity index is 0.00000576. The summed E-state index contributed by atoms with van der Waals surface area (Å²) < 4.78 is 23.6. The molecule has 0 fully saturated rings. The monoisotopic (exact) mass is 468 g/mol. The molecule has 0 bridgehead atoms. The van der Waals surface area contributed by atoms with Crippen LogP contribution in [0.25, 0.3) is 0 Å². The number of aliphatic imine (C=N–C) groups is 1.